The summed E-state index contributed by atoms with van der Waals surface area (Å²) in [5, 5.41) is 7.24. The van der Waals surface area contributed by atoms with E-state index in [0.29, 0.717) is 18.5 Å². The predicted molar refractivity (Wildman–Crippen MR) is 354 cm³/mol. The molecular weight excluding hydrogens is 1250 g/mol. The van der Waals surface area contributed by atoms with Crippen molar-refractivity contribution in [2.75, 3.05) is 13.2 Å². The van der Waals surface area contributed by atoms with E-state index in [9.17, 15) is 0 Å². The molecule has 0 aliphatic carbocycles. The number of ether oxygens (including phenoxy) is 2. The van der Waals surface area contributed by atoms with Crippen molar-refractivity contribution in [2.45, 2.75) is 89.3 Å². The van der Waals surface area contributed by atoms with E-state index in [0.717, 1.165) is 52.4 Å². The molecule has 2 N–H and O–H groups in total. The summed E-state index contributed by atoms with van der Waals surface area (Å²) in [4.78, 5) is 11.8. The van der Waals surface area contributed by atoms with Gasteiger partial charge in [-0.1, -0.05) is 190 Å². The first kappa shape index (κ1) is 61.6. The molecule has 0 saturated heterocycles. The first-order valence-electron chi connectivity index (χ1n) is 25.5. The van der Waals surface area contributed by atoms with Gasteiger partial charge in [-0.3, -0.25) is 0 Å². The first-order chi connectivity index (χ1) is 37.4. The highest BCUT2D eigenvalue weighted by molar-refractivity contribution is 9.11. The fourth-order valence-corrected chi connectivity index (χ4v) is 13.0. The Kier molecular flexibility index (Phi) is 23.8. The minimum Gasteiger partial charge on any atom is -0.361 e. The van der Waals surface area contributed by atoms with Gasteiger partial charge in [-0.25, -0.2) is 0 Å². The number of fused-ring (bicyclic) bond motifs is 4. The second-order valence-electron chi connectivity index (χ2n) is 20.5. The Morgan fingerprint density at radius 1 is 0.449 bits per heavy atom. The van der Waals surface area contributed by atoms with Crippen molar-refractivity contribution in [1.29, 1.82) is 0 Å². The number of aromatic amines is 2. The average molecular weight is 1320 g/mol. The maximum Gasteiger partial charge on any atom is 0.122 e. The maximum absolute atomic E-state index is 6.31. The Labute approximate surface area is 507 Å². The summed E-state index contributed by atoms with van der Waals surface area (Å²) in [6.07, 6.45) is 8.09. The molecule has 16 heteroatoms. The smallest absolute Gasteiger partial charge is 0.122 e. The lowest BCUT2D eigenvalue weighted by molar-refractivity contribution is 0.0901. The number of thiol groups is 1. The predicted octanol–water partition coefficient (Wildman–Crippen LogP) is 22.0. The van der Waals surface area contributed by atoms with Gasteiger partial charge in [-0.2, -0.15) is 0 Å². The summed E-state index contributed by atoms with van der Waals surface area (Å²) in [5.41, 5.74) is 4.75. The summed E-state index contributed by atoms with van der Waals surface area (Å²) >= 11 is 32.6. The fraction of sp³-hybridized carbons (Fsp3) is 0.194. The average Bonchev–Trinajstić information content (AvgIpc) is 4.27. The number of hydrogen-bond donors (Lipinski definition) is 3. The van der Waals surface area contributed by atoms with Crippen LogP contribution in [-0.4, -0.2) is 48.5 Å². The third-order valence-electron chi connectivity index (χ3n) is 12.0. The van der Waals surface area contributed by atoms with E-state index in [-0.39, 0.29) is 0 Å². The molecule has 0 spiro atoms. The number of rotatable bonds is 14. The second kappa shape index (κ2) is 30.1. The standard InChI is InChI=1S/C20H24ClNOSSi.C14H20BrNOSi.C14H10ClNS.C8H6BrN.C6H5ClS/c1-25(2,3)14-13-23-15-22-12-11-16-18(22)8-6-10-19(16)24-20-9-5-4-7-17(20)21;1-18(2,3)10-9-17-11-16-8-7-12-13(15)5-4-6-14(12)16;15-11-4-1-2-6-14(11)17-13-7-3-5-12-10(13)8-9-16-12;9-7-2-1-3-8-6(7)4-5-10-8;7-5-3-1-2-4-6(5)8/h4-12H,13-15H2,1-3H3;4-8H,9-11H2,1-3H3;1-9,16H;1-5,10H;1-4,8H. The van der Waals surface area contributed by atoms with E-state index in [1.165, 1.54) is 60.0 Å². The molecule has 11 rings (SSSR count). The van der Waals surface area contributed by atoms with Crippen LogP contribution in [0.2, 0.25) is 66.4 Å². The largest absolute Gasteiger partial charge is 0.361 e. The second-order valence-corrected chi connectivity index (χ2v) is 37.3. The van der Waals surface area contributed by atoms with Crippen LogP contribution in [0, 0.1) is 0 Å². The third kappa shape index (κ3) is 18.8. The van der Waals surface area contributed by atoms with Crippen molar-refractivity contribution < 1.29 is 9.47 Å². The highest BCUT2D eigenvalue weighted by atomic mass is 79.9. The maximum atomic E-state index is 6.31. The highest BCUT2D eigenvalue weighted by Crippen LogP contribution is 2.38. The minimum absolute atomic E-state index is 0.605. The molecule has 7 aromatic carbocycles. The molecule has 0 bridgehead atoms. The molecule has 406 valence electrons. The number of H-pyrrole nitrogens is 2. The van der Waals surface area contributed by atoms with Crippen LogP contribution in [0.25, 0.3) is 43.6 Å². The molecule has 0 aliphatic rings. The van der Waals surface area contributed by atoms with E-state index in [1.54, 1.807) is 23.5 Å². The fourth-order valence-electron chi connectivity index (χ4n) is 7.71. The molecule has 0 fully saturated rings. The number of nitrogens with one attached hydrogen (secondary N) is 2. The monoisotopic (exact) mass is 1310 g/mol. The number of benzene rings is 7. The van der Waals surface area contributed by atoms with Crippen LogP contribution in [-0.2, 0) is 22.9 Å². The summed E-state index contributed by atoms with van der Waals surface area (Å²) in [7, 11) is -2.02. The zero-order chi connectivity index (χ0) is 55.7. The Balaban J connectivity index is 0.000000148. The summed E-state index contributed by atoms with van der Waals surface area (Å²) in [6, 6.07) is 59.2. The Hall–Kier alpha value is -4.07. The van der Waals surface area contributed by atoms with Gasteiger partial charge in [0.2, 0.25) is 0 Å². The van der Waals surface area contributed by atoms with Gasteiger partial charge in [-0.05, 0) is 121 Å². The molecule has 0 amide bonds. The van der Waals surface area contributed by atoms with E-state index >= 15 is 0 Å². The molecule has 4 heterocycles. The number of aromatic nitrogens is 4. The summed E-state index contributed by atoms with van der Waals surface area (Å²) in [5.74, 6) is 0. The molecule has 11 aromatic rings. The molecule has 0 saturated carbocycles. The molecule has 0 atom stereocenters. The van der Waals surface area contributed by atoms with Crippen LogP contribution in [0.3, 0.4) is 0 Å². The van der Waals surface area contributed by atoms with E-state index in [2.05, 4.69) is 206 Å². The molecule has 0 aliphatic heterocycles. The van der Waals surface area contributed by atoms with Crippen LogP contribution in [0.1, 0.15) is 0 Å². The lowest BCUT2D eigenvalue weighted by Crippen LogP contribution is -2.21. The van der Waals surface area contributed by atoms with Crippen LogP contribution in [0.15, 0.2) is 228 Å². The molecule has 4 aromatic heterocycles. The van der Waals surface area contributed by atoms with Crippen molar-refractivity contribution in [3.8, 4) is 0 Å². The van der Waals surface area contributed by atoms with Gasteiger partial charge >= 0.3 is 0 Å². The van der Waals surface area contributed by atoms with Crippen LogP contribution in [0.4, 0.5) is 0 Å². The normalized spacial score (nSPS) is 11.3. The van der Waals surface area contributed by atoms with Crippen molar-refractivity contribution in [1.82, 2.24) is 19.1 Å². The van der Waals surface area contributed by atoms with Crippen molar-refractivity contribution in [3.63, 3.8) is 0 Å². The zero-order valence-corrected chi connectivity index (χ0v) is 54.5. The van der Waals surface area contributed by atoms with Crippen LogP contribution < -0.4 is 0 Å². The highest BCUT2D eigenvalue weighted by Gasteiger charge is 2.14. The Morgan fingerprint density at radius 2 is 0.859 bits per heavy atom. The van der Waals surface area contributed by atoms with E-state index in [1.807, 2.05) is 91.3 Å². The number of hydrogen-bond acceptors (Lipinski definition) is 5. The summed E-state index contributed by atoms with van der Waals surface area (Å²) < 4.78 is 18.3. The number of nitrogens with zero attached hydrogens (tertiary/aromatic N) is 2. The van der Waals surface area contributed by atoms with Crippen molar-refractivity contribution in [2.24, 2.45) is 0 Å². The SMILES string of the molecule is Brc1cccc2[nH]ccc12.C[Si](C)(C)CCOCn1ccc2c(Br)cccc21.C[Si](C)(C)CCOCn1ccc2c(Sc3ccccc3Cl)cccc21.Clc1ccccc1Sc1cccc2[nH]ccc12.Sc1ccccc1Cl. The van der Waals surface area contributed by atoms with E-state index in [4.69, 9.17) is 44.3 Å². The molecular formula is C62H65Br2Cl3N4O2S3Si2. The third-order valence-corrected chi connectivity index (χ3v) is 20.9. The minimum atomic E-state index is -1.04. The van der Waals surface area contributed by atoms with Crippen molar-refractivity contribution >= 4 is 163 Å². The topological polar surface area (TPSA) is 59.9 Å². The zero-order valence-electron chi connectivity index (χ0n) is 44.6. The number of halogens is 5. The Bertz CT molecular complexity index is 3630. The van der Waals surface area contributed by atoms with Gasteiger partial charge in [0.15, 0.2) is 0 Å². The molecule has 6 nitrogen and oxygen atoms in total. The van der Waals surface area contributed by atoms with Gasteiger partial charge in [-0.15, -0.1) is 12.6 Å². The molecule has 0 radical (unpaired) electrons. The van der Waals surface area contributed by atoms with E-state index < -0.39 is 16.1 Å². The van der Waals surface area contributed by atoms with Crippen molar-refractivity contribution in [3.05, 3.63) is 219 Å². The lowest BCUT2D eigenvalue weighted by atomic mass is 10.2. The van der Waals surface area contributed by atoms with Gasteiger partial charge in [0, 0.05) is 120 Å². The first-order valence-corrected chi connectivity index (χ1v) is 37.7. The van der Waals surface area contributed by atoms with Gasteiger partial charge in [0.25, 0.3) is 0 Å². The van der Waals surface area contributed by atoms with Gasteiger partial charge in [0.05, 0.1) is 26.1 Å². The summed E-state index contributed by atoms with van der Waals surface area (Å²) in [6.45, 7) is 17.2. The van der Waals surface area contributed by atoms with Crippen LogP contribution in [0.5, 0.6) is 0 Å². The lowest BCUT2D eigenvalue weighted by Gasteiger charge is -2.15. The Morgan fingerprint density at radius 3 is 1.36 bits per heavy atom. The molecule has 0 unspecified atom stereocenters. The quantitative estimate of drug-likeness (QED) is 0.0577. The van der Waals surface area contributed by atoms with Crippen LogP contribution >= 0.6 is 103 Å². The van der Waals surface area contributed by atoms with Gasteiger partial charge < -0.3 is 28.6 Å². The molecule has 78 heavy (non-hydrogen) atoms. The van der Waals surface area contributed by atoms with Gasteiger partial charge in [0.1, 0.15) is 13.5 Å².